The third-order valence-corrected chi connectivity index (χ3v) is 11.7. The summed E-state index contributed by atoms with van der Waals surface area (Å²) in [5, 5.41) is 4.66. The maximum Gasteiger partial charge on any atom is 0.287 e. The van der Waals surface area contributed by atoms with Crippen LogP contribution in [0.5, 0.6) is 11.5 Å². The summed E-state index contributed by atoms with van der Waals surface area (Å²) < 4.78 is 67.0. The average molecular weight is 623 g/mol. The van der Waals surface area contributed by atoms with E-state index >= 15 is 0 Å². The zero-order valence-electron chi connectivity index (χ0n) is 22.6. The molecule has 3 fully saturated rings. The standard InChI is InChI=1S/C26H30N4O8S3/c1-37-17-7-6-15(18(9-17)38-2)11-30-21-14-5-4-13(8-14)19(21)22(31)20(26(30)32)24-28-25-23(41(35,36)29-24)16(12-39-25)10-27-40(3,33)34/h6-7,9,12-14,19-21,27H,4-5,8,10-11H2,1-3H3,(H,28,29)/t13-,14+,19-,20?,21+/m1/s1. The summed E-state index contributed by atoms with van der Waals surface area (Å²) in [6, 6.07) is 5.06. The molecule has 1 saturated heterocycles. The van der Waals surface area contributed by atoms with Crippen molar-refractivity contribution in [1.29, 1.82) is 0 Å². The largest absolute Gasteiger partial charge is 0.497 e. The highest BCUT2D eigenvalue weighted by atomic mass is 32.2. The summed E-state index contributed by atoms with van der Waals surface area (Å²) in [4.78, 5) is 29.7. The van der Waals surface area contributed by atoms with Crippen LogP contribution in [0, 0.1) is 23.7 Å². The highest BCUT2D eigenvalue weighted by Gasteiger charge is 2.61. The van der Waals surface area contributed by atoms with Crippen LogP contribution in [-0.2, 0) is 42.7 Å². The Kier molecular flexibility index (Phi) is 6.91. The Bertz CT molecular complexity index is 1680. The van der Waals surface area contributed by atoms with Crippen molar-refractivity contribution in [2.24, 2.45) is 28.1 Å². The number of amides is 1. The number of rotatable bonds is 8. The molecule has 1 unspecified atom stereocenters. The van der Waals surface area contributed by atoms with Crippen molar-refractivity contribution in [3.05, 3.63) is 34.7 Å². The van der Waals surface area contributed by atoms with Crippen LogP contribution in [0.4, 0.5) is 5.00 Å². The maximum absolute atomic E-state index is 14.2. The molecule has 2 N–H and O–H groups in total. The van der Waals surface area contributed by atoms with E-state index in [1.54, 1.807) is 24.1 Å². The van der Waals surface area contributed by atoms with Crippen LogP contribution >= 0.6 is 11.3 Å². The molecule has 2 aromatic rings. The van der Waals surface area contributed by atoms with Crippen molar-refractivity contribution in [2.75, 3.05) is 25.8 Å². The van der Waals surface area contributed by atoms with E-state index in [2.05, 4.69) is 14.4 Å². The van der Waals surface area contributed by atoms with Gasteiger partial charge in [0.15, 0.2) is 11.7 Å². The van der Waals surface area contributed by atoms with Gasteiger partial charge in [-0.25, -0.2) is 13.1 Å². The van der Waals surface area contributed by atoms with Gasteiger partial charge in [-0.15, -0.1) is 15.7 Å². The number of nitrogens with zero attached hydrogens (tertiary/aromatic N) is 2. The van der Waals surface area contributed by atoms with Crippen molar-refractivity contribution in [1.82, 2.24) is 9.62 Å². The molecule has 41 heavy (non-hydrogen) atoms. The number of nitrogens with one attached hydrogen (secondary N) is 2. The van der Waals surface area contributed by atoms with Gasteiger partial charge in [0.1, 0.15) is 27.2 Å². The number of sulfonamides is 2. The number of benzene rings is 1. The minimum absolute atomic E-state index is 0.125. The number of ether oxygens (including phenoxy) is 2. The summed E-state index contributed by atoms with van der Waals surface area (Å²) in [6.45, 7) is -0.0478. The smallest absolute Gasteiger partial charge is 0.287 e. The Labute approximate surface area is 242 Å². The third-order valence-electron chi connectivity index (χ3n) is 8.54. The molecule has 2 bridgehead atoms. The minimum Gasteiger partial charge on any atom is -0.497 e. The van der Waals surface area contributed by atoms with Gasteiger partial charge in [-0.05, 0) is 48.6 Å². The van der Waals surface area contributed by atoms with Crippen molar-refractivity contribution in [2.45, 2.75) is 43.3 Å². The number of Topliss-reactive ketones (excluding diaryl/α,β-unsaturated/α-hetero) is 1. The van der Waals surface area contributed by atoms with E-state index in [1.165, 1.54) is 12.5 Å². The molecule has 15 heteroatoms. The van der Waals surface area contributed by atoms with Gasteiger partial charge in [-0.3, -0.25) is 9.59 Å². The number of thiophene rings is 1. The zero-order chi connectivity index (χ0) is 29.3. The molecule has 3 heterocycles. The van der Waals surface area contributed by atoms with Crippen LogP contribution in [-0.4, -0.2) is 65.8 Å². The number of methoxy groups -OCH3 is 2. The summed E-state index contributed by atoms with van der Waals surface area (Å²) >= 11 is 1.05. The minimum atomic E-state index is -4.33. The topological polar surface area (TPSA) is 161 Å². The van der Waals surface area contributed by atoms with Gasteiger partial charge in [0.2, 0.25) is 15.9 Å². The number of likely N-dealkylation sites (tertiary alicyclic amines) is 1. The molecular weight excluding hydrogens is 593 g/mol. The summed E-state index contributed by atoms with van der Waals surface area (Å²) in [5.41, 5.74) is 0.972. The molecule has 4 aliphatic rings. The third kappa shape index (κ3) is 4.81. The molecule has 6 rings (SSSR count). The van der Waals surface area contributed by atoms with E-state index in [0.29, 0.717) is 11.5 Å². The first-order chi connectivity index (χ1) is 19.4. The lowest BCUT2D eigenvalue weighted by Crippen LogP contribution is -2.61. The molecule has 0 radical (unpaired) electrons. The van der Waals surface area contributed by atoms with Crippen LogP contribution in [0.25, 0.3) is 0 Å². The molecule has 2 aliphatic heterocycles. The van der Waals surface area contributed by atoms with Gasteiger partial charge in [0.25, 0.3) is 10.0 Å². The van der Waals surface area contributed by atoms with E-state index in [4.69, 9.17) is 9.47 Å². The number of piperidine rings is 1. The molecule has 5 atom stereocenters. The second kappa shape index (κ2) is 10.1. The number of carbonyl (C=O) groups excluding carboxylic acids is 2. The summed E-state index contributed by atoms with van der Waals surface area (Å²) in [5.74, 6) is -1.36. The van der Waals surface area contributed by atoms with E-state index in [9.17, 15) is 26.4 Å². The predicted molar refractivity (Wildman–Crippen MR) is 151 cm³/mol. The Morgan fingerprint density at radius 3 is 2.61 bits per heavy atom. The van der Waals surface area contributed by atoms with Crippen molar-refractivity contribution < 1.29 is 35.9 Å². The second-order valence-corrected chi connectivity index (χ2v) is 15.2. The highest BCUT2D eigenvalue weighted by Crippen LogP contribution is 2.54. The monoisotopic (exact) mass is 622 g/mol. The number of hydrogen-bond donors (Lipinski definition) is 2. The fourth-order valence-corrected chi connectivity index (χ4v) is 9.92. The van der Waals surface area contributed by atoms with E-state index < -0.39 is 37.8 Å². The van der Waals surface area contributed by atoms with E-state index in [0.717, 1.165) is 42.4 Å². The lowest BCUT2D eigenvalue weighted by molar-refractivity contribution is -0.153. The van der Waals surface area contributed by atoms with Crippen LogP contribution in [0.1, 0.15) is 30.4 Å². The molecule has 2 aliphatic carbocycles. The molecule has 220 valence electrons. The van der Waals surface area contributed by atoms with Crippen LogP contribution in [0.15, 0.2) is 32.9 Å². The number of ketones is 1. The molecule has 1 aromatic carbocycles. The normalized spacial score (nSPS) is 28.1. The first-order valence-electron chi connectivity index (χ1n) is 13.1. The Morgan fingerprint density at radius 1 is 1.15 bits per heavy atom. The lowest BCUT2D eigenvalue weighted by atomic mass is 9.73. The van der Waals surface area contributed by atoms with Crippen molar-refractivity contribution in [3.8, 4) is 11.5 Å². The first kappa shape index (κ1) is 28.1. The summed E-state index contributed by atoms with van der Waals surface area (Å²) in [7, 11) is -4.81. The molecule has 0 spiro atoms. The quantitative estimate of drug-likeness (QED) is 0.420. The molecule has 12 nitrogen and oxygen atoms in total. The number of carbonyl (C=O) groups is 2. The average Bonchev–Trinajstić information content (AvgIpc) is 3.64. The van der Waals surface area contributed by atoms with E-state index in [-0.39, 0.29) is 58.0 Å². The number of amidine groups is 1. The molecule has 2 saturated carbocycles. The van der Waals surface area contributed by atoms with Gasteiger partial charge in [-0.2, -0.15) is 8.42 Å². The van der Waals surface area contributed by atoms with Crippen molar-refractivity contribution >= 4 is 53.9 Å². The van der Waals surface area contributed by atoms with Gasteiger partial charge in [-0.1, -0.05) is 0 Å². The van der Waals surface area contributed by atoms with Gasteiger partial charge in [0, 0.05) is 42.2 Å². The van der Waals surface area contributed by atoms with Crippen LogP contribution in [0.3, 0.4) is 0 Å². The highest BCUT2D eigenvalue weighted by molar-refractivity contribution is 7.91. The number of hydrogen-bond acceptors (Lipinski definition) is 10. The predicted octanol–water partition coefficient (Wildman–Crippen LogP) is 1.97. The van der Waals surface area contributed by atoms with Crippen LogP contribution in [0.2, 0.25) is 0 Å². The molecular formula is C26H30N4O8S3. The Morgan fingerprint density at radius 2 is 1.90 bits per heavy atom. The van der Waals surface area contributed by atoms with Gasteiger partial charge in [0.05, 0.1) is 20.5 Å². The maximum atomic E-state index is 14.2. The van der Waals surface area contributed by atoms with Crippen molar-refractivity contribution in [3.63, 3.8) is 0 Å². The molecule has 1 amide bonds. The Balaban J connectivity index is 1.36. The SMILES string of the molecule is COc1ccc(CN2C(=O)C(C3=NS(=O)(=O)c4c(CNS(C)(=O)=O)csc4N3)C(=O)[C@@H]3[C@@H]4CC[C@@H](C4)[C@@H]32)c(OC)c1. The van der Waals surface area contributed by atoms with Gasteiger partial charge < -0.3 is 19.7 Å². The van der Waals surface area contributed by atoms with E-state index in [1.807, 2.05) is 6.07 Å². The zero-order valence-corrected chi connectivity index (χ0v) is 25.1. The summed E-state index contributed by atoms with van der Waals surface area (Å²) in [6.07, 6.45) is 3.65. The number of anilines is 1. The van der Waals surface area contributed by atoms with Crippen LogP contribution < -0.4 is 19.5 Å². The first-order valence-corrected chi connectivity index (χ1v) is 17.3. The number of fused-ring (bicyclic) bond motifs is 6. The Hall–Kier alpha value is -3.01. The molecule has 1 aromatic heterocycles. The fraction of sp³-hybridized carbons (Fsp3) is 0.500. The lowest BCUT2D eigenvalue weighted by Gasteiger charge is -2.45. The van der Waals surface area contributed by atoms with Gasteiger partial charge >= 0.3 is 0 Å². The second-order valence-electron chi connectivity index (χ2n) is 10.9. The fourth-order valence-electron chi connectivity index (χ4n) is 6.86.